The molecule has 2 rings (SSSR count). The maximum Gasteiger partial charge on any atom is 0.356 e. The molecule has 5 heteroatoms. The Labute approximate surface area is 93.2 Å². The number of carboxylic acid groups (broad SMARTS) is 1. The molecule has 1 aliphatic rings. The van der Waals surface area contributed by atoms with E-state index in [1.807, 2.05) is 0 Å². The Morgan fingerprint density at radius 1 is 1.44 bits per heavy atom. The van der Waals surface area contributed by atoms with E-state index in [-0.39, 0.29) is 5.69 Å². The van der Waals surface area contributed by atoms with Gasteiger partial charge in [-0.2, -0.15) is 0 Å². The molecule has 16 heavy (non-hydrogen) atoms. The SMILES string of the molecule is O=C(O)c1cncc(NC2CC=CCC2)n1. The lowest BCUT2D eigenvalue weighted by Gasteiger charge is -2.19. The predicted molar refractivity (Wildman–Crippen MR) is 59.4 cm³/mol. The highest BCUT2D eigenvalue weighted by Gasteiger charge is 2.11. The molecule has 0 aliphatic heterocycles. The average Bonchev–Trinajstić information content (AvgIpc) is 2.30. The Balaban J connectivity index is 2.06. The van der Waals surface area contributed by atoms with Crippen molar-refractivity contribution >= 4 is 11.8 Å². The van der Waals surface area contributed by atoms with Crippen LogP contribution in [0, 0.1) is 0 Å². The van der Waals surface area contributed by atoms with E-state index < -0.39 is 5.97 Å². The maximum atomic E-state index is 10.7. The number of hydrogen-bond acceptors (Lipinski definition) is 4. The molecule has 2 N–H and O–H groups in total. The highest BCUT2D eigenvalue weighted by molar-refractivity contribution is 5.85. The summed E-state index contributed by atoms with van der Waals surface area (Å²) >= 11 is 0. The van der Waals surface area contributed by atoms with Crippen molar-refractivity contribution in [2.75, 3.05) is 5.32 Å². The minimum absolute atomic E-state index is 0.0312. The first-order valence-electron chi connectivity index (χ1n) is 5.22. The van der Waals surface area contributed by atoms with E-state index in [0.29, 0.717) is 11.9 Å². The van der Waals surface area contributed by atoms with Crippen LogP contribution in [0.1, 0.15) is 29.8 Å². The van der Waals surface area contributed by atoms with Gasteiger partial charge in [0, 0.05) is 6.04 Å². The summed E-state index contributed by atoms with van der Waals surface area (Å²) in [5.41, 5.74) is -0.0312. The molecule has 0 aromatic carbocycles. The van der Waals surface area contributed by atoms with E-state index >= 15 is 0 Å². The van der Waals surface area contributed by atoms with Crippen molar-refractivity contribution in [1.82, 2.24) is 9.97 Å². The summed E-state index contributed by atoms with van der Waals surface area (Å²) in [7, 11) is 0. The lowest BCUT2D eigenvalue weighted by Crippen LogP contribution is -2.21. The van der Waals surface area contributed by atoms with Gasteiger partial charge in [-0.25, -0.2) is 9.78 Å². The molecule has 1 aromatic heterocycles. The Bertz CT molecular complexity index is 417. The minimum atomic E-state index is -1.06. The van der Waals surface area contributed by atoms with Gasteiger partial charge < -0.3 is 10.4 Å². The molecule has 0 amide bonds. The zero-order chi connectivity index (χ0) is 11.4. The summed E-state index contributed by atoms with van der Waals surface area (Å²) in [6, 6.07) is 0.323. The molecule has 5 nitrogen and oxygen atoms in total. The number of aromatic carboxylic acids is 1. The van der Waals surface area contributed by atoms with Crippen LogP contribution in [0.25, 0.3) is 0 Å². The van der Waals surface area contributed by atoms with Crippen LogP contribution in [0.5, 0.6) is 0 Å². The number of aromatic nitrogens is 2. The normalized spacial score (nSPS) is 19.4. The minimum Gasteiger partial charge on any atom is -0.476 e. The summed E-state index contributed by atoms with van der Waals surface area (Å²) < 4.78 is 0. The van der Waals surface area contributed by atoms with Gasteiger partial charge in [0.15, 0.2) is 5.69 Å². The van der Waals surface area contributed by atoms with Gasteiger partial charge in [-0.05, 0) is 19.3 Å². The van der Waals surface area contributed by atoms with Gasteiger partial charge in [-0.1, -0.05) is 12.2 Å². The summed E-state index contributed by atoms with van der Waals surface area (Å²) in [5, 5.41) is 12.0. The summed E-state index contributed by atoms with van der Waals surface area (Å²) in [6.07, 6.45) is 10.1. The fourth-order valence-electron chi connectivity index (χ4n) is 1.67. The van der Waals surface area contributed by atoms with Crippen LogP contribution in [0.4, 0.5) is 5.82 Å². The van der Waals surface area contributed by atoms with Crippen LogP contribution in [0.2, 0.25) is 0 Å². The molecule has 0 spiro atoms. The Morgan fingerprint density at radius 3 is 3.00 bits per heavy atom. The third-order valence-corrected chi connectivity index (χ3v) is 2.47. The van der Waals surface area contributed by atoms with Crippen LogP contribution in [0.15, 0.2) is 24.5 Å². The van der Waals surface area contributed by atoms with Crippen LogP contribution in [-0.4, -0.2) is 27.1 Å². The molecule has 1 atom stereocenters. The number of nitrogens with zero attached hydrogens (tertiary/aromatic N) is 2. The zero-order valence-electron chi connectivity index (χ0n) is 8.76. The molecule has 84 valence electrons. The summed E-state index contributed by atoms with van der Waals surface area (Å²) in [4.78, 5) is 18.5. The number of carboxylic acids is 1. The van der Waals surface area contributed by atoms with Crippen molar-refractivity contribution in [3.8, 4) is 0 Å². The van der Waals surface area contributed by atoms with Crippen LogP contribution in [0.3, 0.4) is 0 Å². The second-order valence-corrected chi connectivity index (χ2v) is 3.72. The lowest BCUT2D eigenvalue weighted by atomic mass is 10.0. The van der Waals surface area contributed by atoms with Gasteiger partial charge >= 0.3 is 5.97 Å². The van der Waals surface area contributed by atoms with E-state index in [0.717, 1.165) is 19.3 Å². The lowest BCUT2D eigenvalue weighted by molar-refractivity contribution is 0.0690. The Kier molecular flexibility index (Phi) is 3.14. The highest BCUT2D eigenvalue weighted by Crippen LogP contribution is 2.15. The van der Waals surface area contributed by atoms with Crippen molar-refractivity contribution in [1.29, 1.82) is 0 Å². The molecular formula is C11H13N3O2. The summed E-state index contributed by atoms with van der Waals surface area (Å²) in [6.45, 7) is 0. The molecule has 0 bridgehead atoms. The average molecular weight is 219 g/mol. The second-order valence-electron chi connectivity index (χ2n) is 3.72. The molecule has 1 aliphatic carbocycles. The topological polar surface area (TPSA) is 75.1 Å². The third-order valence-electron chi connectivity index (χ3n) is 2.47. The van der Waals surface area contributed by atoms with Gasteiger partial charge in [0.1, 0.15) is 5.82 Å². The molecule has 0 fully saturated rings. The highest BCUT2D eigenvalue weighted by atomic mass is 16.4. The Morgan fingerprint density at radius 2 is 2.31 bits per heavy atom. The molecule has 0 saturated carbocycles. The number of rotatable bonds is 3. The van der Waals surface area contributed by atoms with Gasteiger partial charge in [0.25, 0.3) is 0 Å². The van der Waals surface area contributed by atoms with Gasteiger partial charge in [-0.15, -0.1) is 0 Å². The van der Waals surface area contributed by atoms with E-state index in [1.165, 1.54) is 6.20 Å². The number of anilines is 1. The first kappa shape index (κ1) is 10.6. The molecular weight excluding hydrogens is 206 g/mol. The van der Waals surface area contributed by atoms with Gasteiger partial charge in [0.2, 0.25) is 0 Å². The van der Waals surface area contributed by atoms with Crippen LogP contribution in [-0.2, 0) is 0 Å². The number of allylic oxidation sites excluding steroid dienone is 1. The van der Waals surface area contributed by atoms with Crippen LogP contribution >= 0.6 is 0 Å². The fraction of sp³-hybridized carbons (Fsp3) is 0.364. The zero-order valence-corrected chi connectivity index (χ0v) is 8.76. The Hall–Kier alpha value is -1.91. The van der Waals surface area contributed by atoms with E-state index in [2.05, 4.69) is 27.4 Å². The van der Waals surface area contributed by atoms with Crippen molar-refractivity contribution in [3.05, 3.63) is 30.2 Å². The van der Waals surface area contributed by atoms with Crippen LogP contribution < -0.4 is 5.32 Å². The van der Waals surface area contributed by atoms with E-state index in [9.17, 15) is 4.79 Å². The third kappa shape index (κ3) is 2.56. The molecule has 0 radical (unpaired) electrons. The first-order valence-corrected chi connectivity index (χ1v) is 5.22. The largest absolute Gasteiger partial charge is 0.476 e. The monoisotopic (exact) mass is 219 g/mol. The maximum absolute atomic E-state index is 10.7. The number of carbonyl (C=O) groups is 1. The fourth-order valence-corrected chi connectivity index (χ4v) is 1.67. The first-order chi connectivity index (χ1) is 7.75. The van der Waals surface area contributed by atoms with Gasteiger partial charge in [-0.3, -0.25) is 4.98 Å². The number of hydrogen-bond donors (Lipinski definition) is 2. The van der Waals surface area contributed by atoms with E-state index in [1.54, 1.807) is 6.20 Å². The molecule has 1 heterocycles. The molecule has 1 aromatic rings. The number of nitrogens with one attached hydrogen (secondary N) is 1. The van der Waals surface area contributed by atoms with Crippen molar-refractivity contribution in [2.45, 2.75) is 25.3 Å². The molecule has 1 unspecified atom stereocenters. The molecule has 0 saturated heterocycles. The van der Waals surface area contributed by atoms with Gasteiger partial charge in [0.05, 0.1) is 12.4 Å². The standard InChI is InChI=1S/C11H13N3O2/c15-11(16)9-6-12-7-10(14-9)13-8-4-2-1-3-5-8/h1-2,6-8H,3-5H2,(H,13,14)(H,15,16). The predicted octanol–water partition coefficient (Wildman–Crippen LogP) is 1.70. The quantitative estimate of drug-likeness (QED) is 0.757. The van der Waals surface area contributed by atoms with Crippen molar-refractivity contribution in [2.24, 2.45) is 0 Å². The van der Waals surface area contributed by atoms with Crippen molar-refractivity contribution in [3.63, 3.8) is 0 Å². The summed E-state index contributed by atoms with van der Waals surface area (Å²) in [5.74, 6) is -0.528. The van der Waals surface area contributed by atoms with Crippen molar-refractivity contribution < 1.29 is 9.90 Å². The van der Waals surface area contributed by atoms with E-state index in [4.69, 9.17) is 5.11 Å². The second kappa shape index (κ2) is 4.74. The smallest absolute Gasteiger partial charge is 0.356 e.